The van der Waals surface area contributed by atoms with E-state index in [1.165, 1.54) is 32.4 Å². The molecule has 3 nitrogen and oxygen atoms in total. The van der Waals surface area contributed by atoms with Crippen molar-refractivity contribution in [3.63, 3.8) is 0 Å². The Labute approximate surface area is 115 Å². The van der Waals surface area contributed by atoms with Gasteiger partial charge in [0.1, 0.15) is 5.75 Å². The van der Waals surface area contributed by atoms with Crippen molar-refractivity contribution in [3.05, 3.63) is 35.9 Å². The third-order valence-corrected chi connectivity index (χ3v) is 2.74. The molecule has 1 aromatic carbocycles. The van der Waals surface area contributed by atoms with Gasteiger partial charge in [-0.3, -0.25) is 0 Å². The van der Waals surface area contributed by atoms with Gasteiger partial charge >= 0.3 is 5.97 Å². The van der Waals surface area contributed by atoms with E-state index in [4.69, 9.17) is 4.74 Å². The van der Waals surface area contributed by atoms with E-state index < -0.39 is 0 Å². The molecule has 0 atom stereocenters. The van der Waals surface area contributed by atoms with Gasteiger partial charge < -0.3 is 9.47 Å². The molecule has 1 aromatic rings. The lowest BCUT2D eigenvalue weighted by atomic mass is 10.2. The Morgan fingerprint density at radius 3 is 2.84 bits per heavy atom. The Morgan fingerprint density at radius 1 is 1.26 bits per heavy atom. The summed E-state index contributed by atoms with van der Waals surface area (Å²) in [5.41, 5.74) is 0.927. The average molecular weight is 262 g/mol. The molecule has 0 aromatic heterocycles. The summed E-state index contributed by atoms with van der Waals surface area (Å²) in [6.07, 6.45) is 7.89. The molecule has 0 radical (unpaired) electrons. The number of rotatable bonds is 8. The van der Waals surface area contributed by atoms with E-state index in [0.29, 0.717) is 0 Å². The van der Waals surface area contributed by atoms with E-state index >= 15 is 0 Å². The third-order valence-electron chi connectivity index (χ3n) is 2.74. The van der Waals surface area contributed by atoms with Gasteiger partial charge in [-0.1, -0.05) is 38.3 Å². The fourth-order valence-electron chi connectivity index (χ4n) is 1.66. The monoisotopic (exact) mass is 262 g/mol. The summed E-state index contributed by atoms with van der Waals surface area (Å²) < 4.78 is 10.2. The number of carbonyl (C=O) groups is 1. The topological polar surface area (TPSA) is 35.5 Å². The summed E-state index contributed by atoms with van der Waals surface area (Å²) in [5, 5.41) is 0. The summed E-state index contributed by atoms with van der Waals surface area (Å²) in [6.45, 7) is 2.93. The zero-order chi connectivity index (χ0) is 13.9. The SMILES string of the molecule is CCCCCCOc1cccc(C=CC(=O)OC)c1. The number of hydrogen-bond donors (Lipinski definition) is 0. The molecule has 1 rings (SSSR count). The molecule has 19 heavy (non-hydrogen) atoms. The van der Waals surface area contributed by atoms with E-state index in [1.54, 1.807) is 6.08 Å². The molecule has 0 heterocycles. The van der Waals surface area contributed by atoms with Crippen LogP contribution in [-0.4, -0.2) is 19.7 Å². The molecule has 0 saturated heterocycles. The average Bonchev–Trinajstić information content (AvgIpc) is 2.45. The molecule has 0 aliphatic rings. The van der Waals surface area contributed by atoms with Crippen molar-refractivity contribution in [3.8, 4) is 5.75 Å². The van der Waals surface area contributed by atoms with Crippen LogP contribution in [0.1, 0.15) is 38.2 Å². The largest absolute Gasteiger partial charge is 0.494 e. The van der Waals surface area contributed by atoms with Crippen LogP contribution in [0.3, 0.4) is 0 Å². The smallest absolute Gasteiger partial charge is 0.330 e. The number of ether oxygens (including phenoxy) is 2. The Bertz CT molecular complexity index is 410. The maximum Gasteiger partial charge on any atom is 0.330 e. The highest BCUT2D eigenvalue weighted by molar-refractivity contribution is 5.86. The molecule has 0 bridgehead atoms. The summed E-state index contributed by atoms with van der Waals surface area (Å²) in [6, 6.07) is 7.68. The van der Waals surface area contributed by atoms with Crippen molar-refractivity contribution in [1.29, 1.82) is 0 Å². The molecule has 0 unspecified atom stereocenters. The Hall–Kier alpha value is -1.77. The van der Waals surface area contributed by atoms with Gasteiger partial charge in [-0.25, -0.2) is 4.79 Å². The first-order chi connectivity index (χ1) is 9.26. The van der Waals surface area contributed by atoms with Gasteiger partial charge in [-0.2, -0.15) is 0 Å². The van der Waals surface area contributed by atoms with E-state index in [-0.39, 0.29) is 5.97 Å². The highest BCUT2D eigenvalue weighted by atomic mass is 16.5. The number of benzene rings is 1. The van der Waals surface area contributed by atoms with Crippen LogP contribution in [-0.2, 0) is 9.53 Å². The molecular weight excluding hydrogens is 240 g/mol. The lowest BCUT2D eigenvalue weighted by molar-refractivity contribution is -0.134. The number of esters is 1. The fraction of sp³-hybridized carbons (Fsp3) is 0.438. The van der Waals surface area contributed by atoms with Crippen LogP contribution in [0.5, 0.6) is 5.75 Å². The molecule has 0 spiro atoms. The second kappa shape index (κ2) is 9.20. The van der Waals surface area contributed by atoms with Crippen LogP contribution in [0.2, 0.25) is 0 Å². The molecule has 104 valence electrons. The van der Waals surface area contributed by atoms with Crippen LogP contribution in [0.4, 0.5) is 0 Å². The van der Waals surface area contributed by atoms with Crippen LogP contribution in [0, 0.1) is 0 Å². The van der Waals surface area contributed by atoms with E-state index in [2.05, 4.69) is 11.7 Å². The number of hydrogen-bond acceptors (Lipinski definition) is 3. The standard InChI is InChI=1S/C16H22O3/c1-3-4-5-6-12-19-15-9-7-8-14(13-15)10-11-16(17)18-2/h7-11,13H,3-6,12H2,1-2H3. The summed E-state index contributed by atoms with van der Waals surface area (Å²) in [7, 11) is 1.36. The van der Waals surface area contributed by atoms with Gasteiger partial charge in [-0.05, 0) is 30.2 Å². The number of unbranched alkanes of at least 4 members (excludes halogenated alkanes) is 3. The minimum atomic E-state index is -0.356. The molecule has 0 N–H and O–H groups in total. The van der Waals surface area contributed by atoms with Crippen LogP contribution in [0.25, 0.3) is 6.08 Å². The molecule has 0 saturated carbocycles. The zero-order valence-electron chi connectivity index (χ0n) is 11.7. The Kier molecular flexibility index (Phi) is 7.40. The van der Waals surface area contributed by atoms with Crippen molar-refractivity contribution in [2.45, 2.75) is 32.6 Å². The predicted molar refractivity (Wildman–Crippen MR) is 77.1 cm³/mol. The second-order valence-corrected chi connectivity index (χ2v) is 4.34. The number of methoxy groups -OCH3 is 1. The van der Waals surface area contributed by atoms with Gasteiger partial charge in [0.25, 0.3) is 0 Å². The highest BCUT2D eigenvalue weighted by Crippen LogP contribution is 2.15. The predicted octanol–water partition coefficient (Wildman–Crippen LogP) is 3.83. The number of carbonyl (C=O) groups excluding carboxylic acids is 1. The maximum absolute atomic E-state index is 11.0. The van der Waals surface area contributed by atoms with Gasteiger partial charge in [0, 0.05) is 6.08 Å². The normalized spacial score (nSPS) is 10.6. The lowest BCUT2D eigenvalue weighted by Gasteiger charge is -2.06. The second-order valence-electron chi connectivity index (χ2n) is 4.34. The molecule has 3 heteroatoms. The van der Waals surface area contributed by atoms with Gasteiger partial charge in [0.15, 0.2) is 0 Å². The lowest BCUT2D eigenvalue weighted by Crippen LogP contribution is -1.97. The van der Waals surface area contributed by atoms with Crippen molar-refractivity contribution < 1.29 is 14.3 Å². The fourth-order valence-corrected chi connectivity index (χ4v) is 1.66. The molecule has 0 aliphatic carbocycles. The third kappa shape index (κ3) is 6.65. The van der Waals surface area contributed by atoms with Crippen LogP contribution >= 0.6 is 0 Å². The maximum atomic E-state index is 11.0. The molecule has 0 fully saturated rings. The van der Waals surface area contributed by atoms with Crippen molar-refractivity contribution in [1.82, 2.24) is 0 Å². The van der Waals surface area contributed by atoms with E-state index in [0.717, 1.165) is 24.3 Å². The first kappa shape index (κ1) is 15.3. The minimum Gasteiger partial charge on any atom is -0.494 e. The first-order valence-corrected chi connectivity index (χ1v) is 6.75. The minimum absolute atomic E-state index is 0.356. The van der Waals surface area contributed by atoms with Gasteiger partial charge in [0.2, 0.25) is 0 Å². The van der Waals surface area contributed by atoms with Crippen LogP contribution in [0.15, 0.2) is 30.3 Å². The highest BCUT2D eigenvalue weighted by Gasteiger charge is 1.96. The zero-order valence-corrected chi connectivity index (χ0v) is 11.7. The quantitative estimate of drug-likeness (QED) is 0.406. The van der Waals surface area contributed by atoms with E-state index in [9.17, 15) is 4.79 Å². The summed E-state index contributed by atoms with van der Waals surface area (Å²) in [4.78, 5) is 11.0. The molecular formula is C16H22O3. The Balaban J connectivity index is 2.43. The van der Waals surface area contributed by atoms with Gasteiger partial charge in [-0.15, -0.1) is 0 Å². The van der Waals surface area contributed by atoms with Gasteiger partial charge in [0.05, 0.1) is 13.7 Å². The summed E-state index contributed by atoms with van der Waals surface area (Å²) >= 11 is 0. The first-order valence-electron chi connectivity index (χ1n) is 6.75. The summed E-state index contributed by atoms with van der Waals surface area (Å²) in [5.74, 6) is 0.481. The van der Waals surface area contributed by atoms with Crippen molar-refractivity contribution >= 4 is 12.0 Å². The van der Waals surface area contributed by atoms with E-state index in [1.807, 2.05) is 24.3 Å². The molecule has 0 aliphatic heterocycles. The molecule has 0 amide bonds. The van der Waals surface area contributed by atoms with Crippen molar-refractivity contribution in [2.24, 2.45) is 0 Å². The Morgan fingerprint density at radius 2 is 2.11 bits per heavy atom. The van der Waals surface area contributed by atoms with Crippen LogP contribution < -0.4 is 4.74 Å². The van der Waals surface area contributed by atoms with Crippen molar-refractivity contribution in [2.75, 3.05) is 13.7 Å².